The lowest BCUT2D eigenvalue weighted by Gasteiger charge is -2.12. The molecule has 5 nitrogen and oxygen atoms in total. The molecule has 0 saturated heterocycles. The first-order valence-electron chi connectivity index (χ1n) is 9.17. The Morgan fingerprint density at radius 3 is 2.40 bits per heavy atom. The highest BCUT2D eigenvalue weighted by Crippen LogP contribution is 2.31. The second-order valence-electron chi connectivity index (χ2n) is 6.81. The number of carbonyl (C=O) groups excluding carboxylic acids is 1. The molecule has 148 valence electrons. The van der Waals surface area contributed by atoms with E-state index in [1.54, 1.807) is 18.2 Å². The number of carbonyl (C=O) groups is 1. The molecule has 6 heteroatoms. The van der Waals surface area contributed by atoms with Crippen molar-refractivity contribution >= 4 is 23.2 Å². The molecular weight excluding hydrogens is 398 g/mol. The fourth-order valence-electron chi connectivity index (χ4n) is 2.92. The maximum absolute atomic E-state index is 12.5. The predicted molar refractivity (Wildman–Crippen MR) is 116 cm³/mol. The summed E-state index contributed by atoms with van der Waals surface area (Å²) in [6.45, 7) is 3.96. The Hall–Kier alpha value is -3.80. The average Bonchev–Trinajstić information content (AvgIpc) is 2.73. The van der Waals surface area contributed by atoms with Gasteiger partial charge in [0.05, 0.1) is 34.7 Å². The molecular formula is C24H18ClN3O2. The number of hydrogen-bond donors (Lipinski definition) is 1. The monoisotopic (exact) mass is 415 g/mol. The van der Waals surface area contributed by atoms with Gasteiger partial charge < -0.3 is 10.1 Å². The second-order valence-corrected chi connectivity index (χ2v) is 7.22. The Morgan fingerprint density at radius 1 is 1.03 bits per heavy atom. The van der Waals surface area contributed by atoms with Crippen molar-refractivity contribution in [3.63, 3.8) is 0 Å². The lowest BCUT2D eigenvalue weighted by molar-refractivity contribution is -0.115. The van der Waals surface area contributed by atoms with Gasteiger partial charge in [-0.05, 0) is 66.9 Å². The molecule has 3 aromatic carbocycles. The number of rotatable bonds is 5. The summed E-state index contributed by atoms with van der Waals surface area (Å²) in [5, 5.41) is 21.5. The molecule has 3 aromatic rings. The smallest absolute Gasteiger partial charge is 0.228 e. The molecule has 1 N–H and O–H groups in total. The Balaban J connectivity index is 1.79. The summed E-state index contributed by atoms with van der Waals surface area (Å²) in [5.41, 5.74) is 4.24. The van der Waals surface area contributed by atoms with Crippen LogP contribution in [0.2, 0.25) is 5.02 Å². The summed E-state index contributed by atoms with van der Waals surface area (Å²) in [7, 11) is 0. The topological polar surface area (TPSA) is 85.9 Å². The summed E-state index contributed by atoms with van der Waals surface area (Å²) in [4.78, 5) is 12.5. The van der Waals surface area contributed by atoms with Gasteiger partial charge in [0.15, 0.2) is 0 Å². The fraction of sp³-hybridized carbons (Fsp3) is 0.125. The van der Waals surface area contributed by atoms with Crippen molar-refractivity contribution in [3.05, 3.63) is 87.4 Å². The van der Waals surface area contributed by atoms with Crippen LogP contribution in [0, 0.1) is 36.5 Å². The molecule has 0 saturated carbocycles. The van der Waals surface area contributed by atoms with Crippen LogP contribution in [0.15, 0.2) is 54.6 Å². The number of nitrogens with zero attached hydrogens (tertiary/aromatic N) is 2. The number of amides is 1. The molecule has 30 heavy (non-hydrogen) atoms. The van der Waals surface area contributed by atoms with E-state index in [1.165, 1.54) is 18.2 Å². The van der Waals surface area contributed by atoms with Gasteiger partial charge in [-0.25, -0.2) is 0 Å². The Kier molecular flexibility index (Phi) is 6.37. The average molecular weight is 416 g/mol. The molecule has 0 heterocycles. The zero-order chi connectivity index (χ0) is 21.7. The van der Waals surface area contributed by atoms with E-state index >= 15 is 0 Å². The molecule has 0 atom stereocenters. The van der Waals surface area contributed by atoms with Crippen LogP contribution < -0.4 is 10.1 Å². The molecule has 0 radical (unpaired) electrons. The fourth-order valence-corrected chi connectivity index (χ4v) is 3.07. The SMILES string of the molecule is Cc1cccc(NC(=O)Cc2ccc(Cl)c(Oc3cc(C#N)cc(C#N)c3)c2)c1C. The van der Waals surface area contributed by atoms with Crippen molar-refractivity contribution in [2.24, 2.45) is 0 Å². The van der Waals surface area contributed by atoms with Crippen molar-refractivity contribution in [3.8, 4) is 23.6 Å². The Labute approximate surface area is 180 Å². The van der Waals surface area contributed by atoms with Crippen LogP contribution in [0.3, 0.4) is 0 Å². The van der Waals surface area contributed by atoms with E-state index in [9.17, 15) is 4.79 Å². The second kappa shape index (κ2) is 9.13. The normalized spacial score (nSPS) is 10.0. The minimum Gasteiger partial charge on any atom is -0.456 e. The van der Waals surface area contributed by atoms with Crippen molar-refractivity contribution in [2.45, 2.75) is 20.3 Å². The highest BCUT2D eigenvalue weighted by molar-refractivity contribution is 6.32. The maximum atomic E-state index is 12.5. The van der Waals surface area contributed by atoms with Gasteiger partial charge in [0.2, 0.25) is 5.91 Å². The van der Waals surface area contributed by atoms with E-state index in [1.807, 2.05) is 44.2 Å². The van der Waals surface area contributed by atoms with Gasteiger partial charge in [0.25, 0.3) is 0 Å². The third kappa shape index (κ3) is 4.97. The van der Waals surface area contributed by atoms with Crippen molar-refractivity contribution < 1.29 is 9.53 Å². The molecule has 1 amide bonds. The first-order chi connectivity index (χ1) is 14.4. The molecule has 0 aliphatic carbocycles. The van der Waals surface area contributed by atoms with Gasteiger partial charge in [0.1, 0.15) is 11.5 Å². The quantitative estimate of drug-likeness (QED) is 0.581. The Bertz CT molecular complexity index is 1170. The zero-order valence-electron chi connectivity index (χ0n) is 16.5. The summed E-state index contributed by atoms with van der Waals surface area (Å²) < 4.78 is 5.80. The number of ether oxygens (including phenoxy) is 1. The van der Waals surface area contributed by atoms with Gasteiger partial charge in [-0.3, -0.25) is 4.79 Å². The van der Waals surface area contributed by atoms with Gasteiger partial charge in [0, 0.05) is 5.69 Å². The third-order valence-corrected chi connectivity index (χ3v) is 4.94. The number of halogens is 1. The molecule has 0 fully saturated rings. The molecule has 0 aliphatic rings. The predicted octanol–water partition coefficient (Wildman–Crippen LogP) is 5.67. The van der Waals surface area contributed by atoms with Crippen molar-refractivity contribution in [2.75, 3.05) is 5.32 Å². The number of benzene rings is 3. The highest BCUT2D eigenvalue weighted by Gasteiger charge is 2.11. The number of aryl methyl sites for hydroxylation is 1. The lowest BCUT2D eigenvalue weighted by Crippen LogP contribution is -2.15. The van der Waals surface area contributed by atoms with E-state index in [4.69, 9.17) is 26.9 Å². The standard InChI is InChI=1S/C24H18ClN3O2/c1-15-4-3-5-22(16(15)2)28-24(29)12-17-6-7-21(25)23(11-17)30-20-9-18(13-26)8-19(10-20)14-27/h3-11H,12H2,1-2H3,(H,28,29). The number of nitrogens with one attached hydrogen (secondary N) is 1. The summed E-state index contributed by atoms with van der Waals surface area (Å²) in [6, 6.07) is 19.4. The van der Waals surface area contributed by atoms with Gasteiger partial charge in [-0.1, -0.05) is 29.8 Å². The molecule has 0 spiro atoms. The van der Waals surface area contributed by atoms with Gasteiger partial charge in [-0.2, -0.15) is 10.5 Å². The van der Waals surface area contributed by atoms with E-state index in [-0.39, 0.29) is 12.3 Å². The molecule has 0 aromatic heterocycles. The first kappa shape index (κ1) is 20.9. The van der Waals surface area contributed by atoms with Crippen LogP contribution in [-0.4, -0.2) is 5.91 Å². The van der Waals surface area contributed by atoms with Crippen molar-refractivity contribution in [1.82, 2.24) is 0 Å². The minimum absolute atomic E-state index is 0.141. The summed E-state index contributed by atoms with van der Waals surface area (Å²) >= 11 is 6.24. The number of nitriles is 2. The zero-order valence-corrected chi connectivity index (χ0v) is 17.2. The van der Waals surface area contributed by atoms with Gasteiger partial charge >= 0.3 is 0 Å². The molecule has 0 aliphatic heterocycles. The van der Waals surface area contributed by atoms with Gasteiger partial charge in [-0.15, -0.1) is 0 Å². The first-order valence-corrected chi connectivity index (χ1v) is 9.55. The highest BCUT2D eigenvalue weighted by atomic mass is 35.5. The lowest BCUT2D eigenvalue weighted by atomic mass is 10.1. The van der Waals surface area contributed by atoms with Crippen LogP contribution in [-0.2, 0) is 11.2 Å². The molecule has 3 rings (SSSR count). The van der Waals surface area contributed by atoms with Crippen LogP contribution >= 0.6 is 11.6 Å². The Morgan fingerprint density at radius 2 is 1.73 bits per heavy atom. The van der Waals surface area contributed by atoms with E-state index in [0.717, 1.165) is 16.8 Å². The van der Waals surface area contributed by atoms with Crippen LogP contribution in [0.4, 0.5) is 5.69 Å². The number of hydrogen-bond acceptors (Lipinski definition) is 4. The molecule has 0 bridgehead atoms. The van der Waals surface area contributed by atoms with Crippen LogP contribution in [0.25, 0.3) is 0 Å². The van der Waals surface area contributed by atoms with E-state index < -0.39 is 0 Å². The van der Waals surface area contributed by atoms with Crippen LogP contribution in [0.5, 0.6) is 11.5 Å². The summed E-state index contributed by atoms with van der Waals surface area (Å²) in [6.07, 6.45) is 0.141. The summed E-state index contributed by atoms with van der Waals surface area (Å²) in [5.74, 6) is 0.507. The van der Waals surface area contributed by atoms with E-state index in [0.29, 0.717) is 33.2 Å². The maximum Gasteiger partial charge on any atom is 0.228 e. The third-order valence-electron chi connectivity index (χ3n) is 4.63. The largest absolute Gasteiger partial charge is 0.456 e. The van der Waals surface area contributed by atoms with Crippen molar-refractivity contribution in [1.29, 1.82) is 10.5 Å². The van der Waals surface area contributed by atoms with E-state index in [2.05, 4.69) is 5.32 Å². The number of anilines is 1. The van der Waals surface area contributed by atoms with Crippen LogP contribution in [0.1, 0.15) is 27.8 Å². The minimum atomic E-state index is -0.157. The molecule has 0 unspecified atom stereocenters.